The monoisotopic (exact) mass is 490 g/mol. The number of ether oxygens (including phenoxy) is 1. The lowest BCUT2D eigenvalue weighted by molar-refractivity contribution is -0.130. The quantitative estimate of drug-likeness (QED) is 0.334. The molecule has 4 bridgehead atoms. The lowest BCUT2D eigenvalue weighted by Crippen LogP contribution is -2.60. The van der Waals surface area contributed by atoms with Crippen LogP contribution < -0.4 is 5.32 Å². The van der Waals surface area contributed by atoms with Crippen LogP contribution >= 0.6 is 0 Å². The summed E-state index contributed by atoms with van der Waals surface area (Å²) in [5, 5.41) is 6.20. The number of hydrogen-bond acceptors (Lipinski definition) is 4. The van der Waals surface area contributed by atoms with Crippen molar-refractivity contribution in [2.24, 2.45) is 17.8 Å². The highest BCUT2D eigenvalue weighted by atomic mass is 16.5. The molecule has 3 aromatic carbocycles. The third-order valence-electron chi connectivity index (χ3n) is 8.78. The number of pyridine rings is 1. The predicted molar refractivity (Wildman–Crippen MR) is 144 cm³/mol. The van der Waals surface area contributed by atoms with E-state index in [4.69, 9.17) is 9.72 Å². The lowest BCUT2D eigenvalue weighted by Gasteiger charge is -2.56. The van der Waals surface area contributed by atoms with E-state index >= 15 is 0 Å². The Morgan fingerprint density at radius 3 is 2.24 bits per heavy atom. The van der Waals surface area contributed by atoms with Crippen LogP contribution in [0.25, 0.3) is 32.9 Å². The highest BCUT2D eigenvalue weighted by Crippen LogP contribution is 2.55. The van der Waals surface area contributed by atoms with Crippen LogP contribution in [0.5, 0.6) is 0 Å². The van der Waals surface area contributed by atoms with Gasteiger partial charge in [-0.2, -0.15) is 0 Å². The zero-order valence-corrected chi connectivity index (χ0v) is 20.8. The SMILES string of the molecule is O=C(COC(=O)c1cc(-c2cccc3ccccc23)nc2ccccc12)NC12CC3CC(CC(C3)C1)C2. The Bertz CT molecular complexity index is 1500. The number of nitrogens with zero attached hydrogens (tertiary/aromatic N) is 1. The van der Waals surface area contributed by atoms with Gasteiger partial charge in [-0.25, -0.2) is 9.78 Å². The highest BCUT2D eigenvalue weighted by molar-refractivity contribution is 6.06. The van der Waals surface area contributed by atoms with Gasteiger partial charge in [-0.15, -0.1) is 0 Å². The fourth-order valence-corrected chi connectivity index (χ4v) is 7.74. The highest BCUT2D eigenvalue weighted by Gasteiger charge is 2.51. The standard InChI is InChI=1S/C32H30N2O3/c35-30(34-32-16-20-12-21(17-32)14-22(13-20)18-32)19-37-31(36)27-15-29(33-28-11-4-3-9-26(27)28)25-10-5-7-23-6-1-2-8-24(23)25/h1-11,15,20-22H,12-14,16-19H2,(H,34,35). The third-order valence-corrected chi connectivity index (χ3v) is 8.78. The topological polar surface area (TPSA) is 68.3 Å². The summed E-state index contributed by atoms with van der Waals surface area (Å²) in [6.45, 7) is -0.263. The second kappa shape index (κ2) is 8.69. The summed E-state index contributed by atoms with van der Waals surface area (Å²) in [7, 11) is 0. The maximum atomic E-state index is 13.3. The summed E-state index contributed by atoms with van der Waals surface area (Å²) < 4.78 is 5.61. The summed E-state index contributed by atoms with van der Waals surface area (Å²) in [5.74, 6) is 1.53. The Morgan fingerprint density at radius 2 is 1.49 bits per heavy atom. The van der Waals surface area contributed by atoms with Gasteiger partial charge in [-0.1, -0.05) is 60.7 Å². The molecule has 0 atom stereocenters. The van der Waals surface area contributed by atoms with E-state index in [-0.39, 0.29) is 18.1 Å². The van der Waals surface area contributed by atoms with Crippen molar-refractivity contribution in [1.82, 2.24) is 10.3 Å². The van der Waals surface area contributed by atoms with Crippen molar-refractivity contribution in [3.05, 3.63) is 78.4 Å². The molecule has 4 saturated carbocycles. The molecule has 0 spiro atoms. The smallest absolute Gasteiger partial charge is 0.339 e. The number of carbonyl (C=O) groups excluding carboxylic acids is 2. The van der Waals surface area contributed by atoms with Crippen LogP contribution in [0, 0.1) is 17.8 Å². The van der Waals surface area contributed by atoms with E-state index in [1.165, 1.54) is 19.3 Å². The average molecular weight is 491 g/mol. The molecule has 186 valence electrons. The Morgan fingerprint density at radius 1 is 0.838 bits per heavy atom. The zero-order valence-electron chi connectivity index (χ0n) is 20.8. The second-order valence-corrected chi connectivity index (χ2v) is 11.4. The number of carbonyl (C=O) groups is 2. The summed E-state index contributed by atoms with van der Waals surface area (Å²) in [5.41, 5.74) is 2.72. The first-order valence-electron chi connectivity index (χ1n) is 13.4. The van der Waals surface area contributed by atoms with E-state index in [0.29, 0.717) is 11.3 Å². The molecular formula is C32H30N2O3. The van der Waals surface area contributed by atoms with Crippen LogP contribution in [0.3, 0.4) is 0 Å². The van der Waals surface area contributed by atoms with E-state index in [0.717, 1.165) is 64.3 Å². The van der Waals surface area contributed by atoms with Crippen LogP contribution in [-0.4, -0.2) is 29.0 Å². The van der Waals surface area contributed by atoms with E-state index < -0.39 is 5.97 Å². The van der Waals surface area contributed by atoms with Gasteiger partial charge in [0.15, 0.2) is 6.61 Å². The Labute approximate surface area is 216 Å². The molecule has 4 aliphatic rings. The minimum Gasteiger partial charge on any atom is -0.452 e. The Kier molecular flexibility index (Phi) is 5.27. The number of esters is 1. The molecular weight excluding hydrogens is 460 g/mol. The second-order valence-electron chi connectivity index (χ2n) is 11.4. The van der Waals surface area contributed by atoms with E-state index in [1.807, 2.05) is 48.5 Å². The van der Waals surface area contributed by atoms with Gasteiger partial charge in [0.1, 0.15) is 0 Å². The maximum absolute atomic E-state index is 13.3. The van der Waals surface area contributed by atoms with Crippen LogP contribution in [0.1, 0.15) is 48.9 Å². The summed E-state index contributed by atoms with van der Waals surface area (Å²) in [6.07, 6.45) is 7.17. The van der Waals surface area contributed by atoms with E-state index in [9.17, 15) is 9.59 Å². The minimum absolute atomic E-state index is 0.0941. The molecule has 1 N–H and O–H groups in total. The Balaban J connectivity index is 1.14. The normalized spacial score (nSPS) is 25.9. The van der Waals surface area contributed by atoms with Crippen molar-refractivity contribution < 1.29 is 14.3 Å². The summed E-state index contributed by atoms with van der Waals surface area (Å²) in [4.78, 5) is 31.2. The maximum Gasteiger partial charge on any atom is 0.339 e. The summed E-state index contributed by atoms with van der Waals surface area (Å²) in [6, 6.07) is 23.6. The molecule has 37 heavy (non-hydrogen) atoms. The van der Waals surface area contributed by atoms with Crippen molar-refractivity contribution in [2.45, 2.75) is 44.1 Å². The molecule has 8 rings (SSSR count). The number of fused-ring (bicyclic) bond motifs is 2. The van der Waals surface area contributed by atoms with Crippen molar-refractivity contribution in [3.8, 4) is 11.3 Å². The minimum atomic E-state index is -0.499. The number of amides is 1. The van der Waals surface area contributed by atoms with Gasteiger partial charge in [-0.3, -0.25) is 4.79 Å². The van der Waals surface area contributed by atoms with Crippen molar-refractivity contribution in [1.29, 1.82) is 0 Å². The van der Waals surface area contributed by atoms with Crippen molar-refractivity contribution in [2.75, 3.05) is 6.61 Å². The molecule has 4 aliphatic carbocycles. The first-order chi connectivity index (χ1) is 18.1. The molecule has 5 nitrogen and oxygen atoms in total. The zero-order chi connectivity index (χ0) is 25.0. The number of rotatable bonds is 5. The molecule has 0 saturated heterocycles. The molecule has 0 radical (unpaired) electrons. The van der Waals surface area contributed by atoms with Crippen molar-refractivity contribution in [3.63, 3.8) is 0 Å². The number of aromatic nitrogens is 1. The van der Waals surface area contributed by atoms with Crippen LogP contribution in [0.2, 0.25) is 0 Å². The van der Waals surface area contributed by atoms with Gasteiger partial charge in [0.05, 0.1) is 16.8 Å². The van der Waals surface area contributed by atoms with Crippen LogP contribution in [-0.2, 0) is 9.53 Å². The third kappa shape index (κ3) is 4.07. The molecule has 1 amide bonds. The van der Waals surface area contributed by atoms with Gasteiger partial charge in [0, 0.05) is 16.5 Å². The van der Waals surface area contributed by atoms with E-state index in [2.05, 4.69) is 23.5 Å². The van der Waals surface area contributed by atoms with Gasteiger partial charge in [-0.05, 0) is 79.2 Å². The van der Waals surface area contributed by atoms with Gasteiger partial charge < -0.3 is 10.1 Å². The van der Waals surface area contributed by atoms with Crippen molar-refractivity contribution >= 4 is 33.6 Å². The average Bonchev–Trinajstić information content (AvgIpc) is 2.89. The number of para-hydroxylation sites is 1. The molecule has 0 unspecified atom stereocenters. The largest absolute Gasteiger partial charge is 0.452 e. The molecule has 1 heterocycles. The fraction of sp³-hybridized carbons (Fsp3) is 0.344. The molecule has 5 heteroatoms. The Hall–Kier alpha value is -3.73. The number of hydrogen-bond donors (Lipinski definition) is 1. The predicted octanol–water partition coefficient (Wildman–Crippen LogP) is 6.30. The van der Waals surface area contributed by atoms with Crippen LogP contribution in [0.4, 0.5) is 0 Å². The summed E-state index contributed by atoms with van der Waals surface area (Å²) >= 11 is 0. The van der Waals surface area contributed by atoms with Crippen LogP contribution in [0.15, 0.2) is 72.8 Å². The van der Waals surface area contributed by atoms with Gasteiger partial charge in [0.2, 0.25) is 0 Å². The number of benzene rings is 3. The first-order valence-corrected chi connectivity index (χ1v) is 13.4. The van der Waals surface area contributed by atoms with Gasteiger partial charge >= 0.3 is 5.97 Å². The molecule has 4 fully saturated rings. The van der Waals surface area contributed by atoms with E-state index in [1.54, 1.807) is 6.07 Å². The molecule has 1 aromatic heterocycles. The molecule has 0 aliphatic heterocycles. The fourth-order valence-electron chi connectivity index (χ4n) is 7.74. The molecule has 4 aromatic rings. The van der Waals surface area contributed by atoms with Gasteiger partial charge in [0.25, 0.3) is 5.91 Å². The first kappa shape index (κ1) is 22.5. The lowest BCUT2D eigenvalue weighted by atomic mass is 9.53. The number of nitrogens with one attached hydrogen (secondary N) is 1.